The molecule has 0 amide bonds. The van der Waals surface area contributed by atoms with Gasteiger partial charge in [0.2, 0.25) is 0 Å². The Morgan fingerprint density at radius 3 is 2.50 bits per heavy atom. The highest BCUT2D eigenvalue weighted by molar-refractivity contribution is 5.91. The first-order valence-electron chi connectivity index (χ1n) is 6.29. The molecular weight excluding hydrogens is 292 g/mol. The Hall–Kier alpha value is -2.89. The second-order valence-electron chi connectivity index (χ2n) is 4.27. The van der Waals surface area contributed by atoms with Gasteiger partial charge in [-0.3, -0.25) is 9.79 Å². The molecule has 0 bridgehead atoms. The minimum atomic E-state index is -0.815. The van der Waals surface area contributed by atoms with Crippen LogP contribution in [0.5, 0.6) is 0 Å². The Labute approximate surface area is 125 Å². The highest BCUT2D eigenvalue weighted by Crippen LogP contribution is 2.18. The second kappa shape index (κ2) is 7.21. The highest BCUT2D eigenvalue weighted by Gasteiger charge is 2.09. The summed E-state index contributed by atoms with van der Waals surface area (Å²) in [6, 6.07) is 9.02. The topological polar surface area (TPSA) is 55.7 Å². The van der Waals surface area contributed by atoms with Crippen LogP contribution in [0, 0.1) is 11.6 Å². The number of hydrogen-bond acceptors (Lipinski definition) is 4. The molecule has 2 aromatic rings. The molecule has 0 aliphatic carbocycles. The second-order valence-corrected chi connectivity index (χ2v) is 4.27. The molecule has 0 radical (unpaired) electrons. The van der Waals surface area contributed by atoms with Crippen LogP contribution in [0.15, 0.2) is 47.5 Å². The van der Waals surface area contributed by atoms with Crippen LogP contribution in [0.1, 0.15) is 15.9 Å². The normalized spacial score (nSPS) is 10.6. The van der Waals surface area contributed by atoms with Crippen LogP contribution < -0.4 is 0 Å². The van der Waals surface area contributed by atoms with Gasteiger partial charge in [0.1, 0.15) is 18.2 Å². The van der Waals surface area contributed by atoms with Crippen LogP contribution in [-0.2, 0) is 9.53 Å². The molecule has 0 aromatic heterocycles. The molecule has 6 heteroatoms. The average Bonchev–Trinajstić information content (AvgIpc) is 2.51. The number of esters is 1. The summed E-state index contributed by atoms with van der Waals surface area (Å²) in [6.07, 6.45) is 1.83. The molecule has 2 aromatic carbocycles. The van der Waals surface area contributed by atoms with Gasteiger partial charge < -0.3 is 4.74 Å². The monoisotopic (exact) mass is 303 g/mol. The number of rotatable bonds is 5. The zero-order valence-electron chi connectivity index (χ0n) is 11.3. The number of hydrogen-bond donors (Lipinski definition) is 0. The molecule has 0 aliphatic rings. The summed E-state index contributed by atoms with van der Waals surface area (Å²) in [7, 11) is 0. The van der Waals surface area contributed by atoms with E-state index in [0.29, 0.717) is 11.8 Å². The van der Waals surface area contributed by atoms with Gasteiger partial charge in [-0.1, -0.05) is 12.1 Å². The Balaban J connectivity index is 2.20. The lowest BCUT2D eigenvalue weighted by molar-refractivity contribution is -0.110. The third-order valence-corrected chi connectivity index (χ3v) is 2.63. The van der Waals surface area contributed by atoms with Crippen LogP contribution in [0.25, 0.3) is 0 Å². The number of aldehydes is 1. The van der Waals surface area contributed by atoms with Crippen molar-refractivity contribution in [3.05, 3.63) is 65.2 Å². The van der Waals surface area contributed by atoms with Crippen molar-refractivity contribution in [2.75, 3.05) is 6.61 Å². The molecule has 0 saturated heterocycles. The van der Waals surface area contributed by atoms with Gasteiger partial charge in [-0.15, -0.1) is 0 Å². The van der Waals surface area contributed by atoms with Gasteiger partial charge in [-0.05, 0) is 35.9 Å². The predicted octanol–water partition coefficient (Wildman–Crippen LogP) is 3.07. The molecule has 0 saturated carbocycles. The van der Waals surface area contributed by atoms with E-state index in [-0.39, 0.29) is 17.1 Å². The number of aliphatic imine (C=N–C) groups is 1. The van der Waals surface area contributed by atoms with Crippen molar-refractivity contribution < 1.29 is 23.1 Å². The molecule has 0 spiro atoms. The third kappa shape index (κ3) is 4.31. The highest BCUT2D eigenvalue weighted by atomic mass is 19.1. The van der Waals surface area contributed by atoms with E-state index < -0.39 is 18.4 Å². The summed E-state index contributed by atoms with van der Waals surface area (Å²) in [5.74, 6) is -1.85. The summed E-state index contributed by atoms with van der Waals surface area (Å²) in [5.41, 5.74) is 0.770. The molecule has 0 unspecified atom stereocenters. The summed E-state index contributed by atoms with van der Waals surface area (Å²) in [4.78, 5) is 25.8. The van der Waals surface area contributed by atoms with Crippen molar-refractivity contribution in [2.45, 2.75) is 0 Å². The fraction of sp³-hybridized carbons (Fsp3) is 0.0625. The lowest BCUT2D eigenvalue weighted by Gasteiger charge is -2.03. The standard InChI is InChI=1S/C16H11F2NO3/c17-13-3-1-11(2-4-13)10-19-15-8-12(7-14(18)9-15)16(21)22-6-5-20/h1-5,7-10H,6H2. The average molecular weight is 303 g/mol. The van der Waals surface area contributed by atoms with E-state index in [1.807, 2.05) is 0 Å². The van der Waals surface area contributed by atoms with Gasteiger partial charge in [-0.25, -0.2) is 13.6 Å². The van der Waals surface area contributed by atoms with Crippen LogP contribution in [-0.4, -0.2) is 25.1 Å². The summed E-state index contributed by atoms with van der Waals surface area (Å²) in [5, 5.41) is 0. The van der Waals surface area contributed by atoms with Crippen LogP contribution in [0.3, 0.4) is 0 Å². The van der Waals surface area contributed by atoms with E-state index in [0.717, 1.165) is 12.1 Å². The van der Waals surface area contributed by atoms with Crippen molar-refractivity contribution in [3.63, 3.8) is 0 Å². The number of benzene rings is 2. The zero-order valence-corrected chi connectivity index (χ0v) is 11.3. The minimum Gasteiger partial charge on any atom is -0.454 e. The first kappa shape index (κ1) is 15.5. The summed E-state index contributed by atoms with van der Waals surface area (Å²) in [6.45, 7) is -0.399. The molecule has 22 heavy (non-hydrogen) atoms. The minimum absolute atomic E-state index is 0.0480. The van der Waals surface area contributed by atoms with Gasteiger partial charge in [0, 0.05) is 6.21 Å². The van der Waals surface area contributed by atoms with Crippen molar-refractivity contribution in [1.82, 2.24) is 0 Å². The molecule has 0 N–H and O–H groups in total. The largest absolute Gasteiger partial charge is 0.454 e. The van der Waals surface area contributed by atoms with E-state index >= 15 is 0 Å². The van der Waals surface area contributed by atoms with E-state index in [1.54, 1.807) is 0 Å². The molecule has 112 valence electrons. The number of nitrogens with zero attached hydrogens (tertiary/aromatic N) is 1. The SMILES string of the molecule is O=CCOC(=O)c1cc(F)cc(N=Cc2ccc(F)cc2)c1. The van der Waals surface area contributed by atoms with Gasteiger partial charge >= 0.3 is 5.97 Å². The summed E-state index contributed by atoms with van der Waals surface area (Å²) >= 11 is 0. The van der Waals surface area contributed by atoms with E-state index in [4.69, 9.17) is 0 Å². The maximum Gasteiger partial charge on any atom is 0.338 e. The van der Waals surface area contributed by atoms with Gasteiger partial charge in [0.25, 0.3) is 0 Å². The fourth-order valence-electron chi connectivity index (χ4n) is 1.66. The lowest BCUT2D eigenvalue weighted by Crippen LogP contribution is -2.07. The smallest absolute Gasteiger partial charge is 0.338 e. The van der Waals surface area contributed by atoms with Crippen molar-refractivity contribution >= 4 is 24.2 Å². The van der Waals surface area contributed by atoms with Crippen LogP contribution in [0.4, 0.5) is 14.5 Å². The van der Waals surface area contributed by atoms with Gasteiger partial charge in [-0.2, -0.15) is 0 Å². The van der Waals surface area contributed by atoms with Crippen molar-refractivity contribution in [3.8, 4) is 0 Å². The first-order valence-corrected chi connectivity index (χ1v) is 6.29. The van der Waals surface area contributed by atoms with E-state index in [2.05, 4.69) is 9.73 Å². The Bertz CT molecular complexity index is 712. The maximum atomic E-state index is 13.5. The molecular formula is C16H11F2NO3. The fourth-order valence-corrected chi connectivity index (χ4v) is 1.66. The van der Waals surface area contributed by atoms with Crippen LogP contribution >= 0.6 is 0 Å². The number of carbonyl (C=O) groups is 2. The van der Waals surface area contributed by atoms with Crippen molar-refractivity contribution in [1.29, 1.82) is 0 Å². The quantitative estimate of drug-likeness (QED) is 0.484. The molecule has 0 heterocycles. The first-order chi connectivity index (χ1) is 10.6. The third-order valence-electron chi connectivity index (χ3n) is 2.63. The predicted molar refractivity (Wildman–Crippen MR) is 76.4 cm³/mol. The van der Waals surface area contributed by atoms with Gasteiger partial charge in [0.15, 0.2) is 6.29 Å². The number of ether oxygens (including phenoxy) is 1. The Kier molecular flexibility index (Phi) is 5.08. The zero-order chi connectivity index (χ0) is 15.9. The Morgan fingerprint density at radius 1 is 1.09 bits per heavy atom. The van der Waals surface area contributed by atoms with E-state index in [1.165, 1.54) is 36.5 Å². The van der Waals surface area contributed by atoms with Crippen molar-refractivity contribution in [2.24, 2.45) is 4.99 Å². The Morgan fingerprint density at radius 2 is 1.82 bits per heavy atom. The number of carbonyl (C=O) groups excluding carboxylic acids is 2. The van der Waals surface area contributed by atoms with Gasteiger partial charge in [0.05, 0.1) is 11.3 Å². The number of halogens is 2. The molecule has 0 atom stereocenters. The maximum absolute atomic E-state index is 13.5. The lowest BCUT2D eigenvalue weighted by atomic mass is 10.2. The molecule has 0 aliphatic heterocycles. The van der Waals surface area contributed by atoms with Crippen LogP contribution in [0.2, 0.25) is 0 Å². The molecule has 4 nitrogen and oxygen atoms in total. The summed E-state index contributed by atoms with van der Waals surface area (Å²) < 4.78 is 30.9. The molecule has 0 fully saturated rings. The molecule has 2 rings (SSSR count). The van der Waals surface area contributed by atoms with E-state index in [9.17, 15) is 18.4 Å².